The Balaban J connectivity index is 2.09. The van der Waals surface area contributed by atoms with Gasteiger partial charge < -0.3 is 10.0 Å². The van der Waals surface area contributed by atoms with E-state index in [-0.39, 0.29) is 16.5 Å². The van der Waals surface area contributed by atoms with E-state index in [1.165, 1.54) is 12.1 Å². The van der Waals surface area contributed by atoms with Crippen LogP contribution >= 0.6 is 11.6 Å². The van der Waals surface area contributed by atoms with E-state index in [2.05, 4.69) is 0 Å². The lowest BCUT2D eigenvalue weighted by Gasteiger charge is -2.38. The number of carbonyl (C=O) groups is 2. The van der Waals surface area contributed by atoms with Gasteiger partial charge in [-0.1, -0.05) is 18.5 Å². The van der Waals surface area contributed by atoms with Crippen molar-refractivity contribution in [2.75, 3.05) is 13.1 Å². The van der Waals surface area contributed by atoms with Crippen molar-refractivity contribution in [3.63, 3.8) is 0 Å². The summed E-state index contributed by atoms with van der Waals surface area (Å²) in [7, 11) is 0. The highest BCUT2D eigenvalue weighted by molar-refractivity contribution is 6.30. The standard InChI is InChI=1S/C15H17ClFNO3/c1-2-15(14(20)21)5-7-18(8-6-15)13(19)10-3-4-11(16)12(17)9-10/h3-4,9H,2,5-8H2,1H3,(H,20,21). The molecule has 0 unspecified atom stereocenters. The van der Waals surface area contributed by atoms with Crippen LogP contribution in [-0.4, -0.2) is 35.0 Å². The number of likely N-dealkylation sites (tertiary alicyclic amines) is 1. The van der Waals surface area contributed by atoms with Gasteiger partial charge in [-0.25, -0.2) is 4.39 Å². The molecule has 0 radical (unpaired) electrons. The van der Waals surface area contributed by atoms with E-state index >= 15 is 0 Å². The third-order valence-electron chi connectivity index (χ3n) is 4.30. The van der Waals surface area contributed by atoms with E-state index in [0.717, 1.165) is 6.07 Å². The Morgan fingerprint density at radius 1 is 1.38 bits per heavy atom. The van der Waals surface area contributed by atoms with E-state index in [4.69, 9.17) is 11.6 Å². The molecule has 0 saturated carbocycles. The predicted molar refractivity (Wildman–Crippen MR) is 76.9 cm³/mol. The highest BCUT2D eigenvalue weighted by Crippen LogP contribution is 2.35. The molecule has 1 heterocycles. The smallest absolute Gasteiger partial charge is 0.309 e. The number of hydrogen-bond acceptors (Lipinski definition) is 2. The molecule has 0 spiro atoms. The van der Waals surface area contributed by atoms with Crippen LogP contribution in [0, 0.1) is 11.2 Å². The fourth-order valence-electron chi connectivity index (χ4n) is 2.67. The number of hydrogen-bond donors (Lipinski definition) is 1. The van der Waals surface area contributed by atoms with Crippen LogP contribution in [-0.2, 0) is 4.79 Å². The van der Waals surface area contributed by atoms with Crippen LogP contribution in [0.2, 0.25) is 5.02 Å². The number of halogens is 2. The summed E-state index contributed by atoms with van der Waals surface area (Å²) in [5.74, 6) is -1.73. The summed E-state index contributed by atoms with van der Waals surface area (Å²) in [6.07, 6.45) is 1.38. The van der Waals surface area contributed by atoms with Gasteiger partial charge in [-0.2, -0.15) is 0 Å². The second-order valence-corrected chi connectivity index (χ2v) is 5.77. The maximum absolute atomic E-state index is 13.4. The molecule has 0 bridgehead atoms. The Morgan fingerprint density at radius 3 is 2.48 bits per heavy atom. The van der Waals surface area contributed by atoms with E-state index in [0.29, 0.717) is 32.4 Å². The zero-order valence-electron chi connectivity index (χ0n) is 11.7. The molecule has 21 heavy (non-hydrogen) atoms. The largest absolute Gasteiger partial charge is 0.481 e. The molecular formula is C15H17ClFNO3. The van der Waals surface area contributed by atoms with Crippen molar-refractivity contribution in [2.45, 2.75) is 26.2 Å². The van der Waals surface area contributed by atoms with Crippen molar-refractivity contribution in [1.82, 2.24) is 4.90 Å². The first-order valence-electron chi connectivity index (χ1n) is 6.87. The Labute approximate surface area is 127 Å². The molecule has 0 atom stereocenters. The van der Waals surface area contributed by atoms with Crippen LogP contribution in [0.15, 0.2) is 18.2 Å². The van der Waals surface area contributed by atoms with Crippen LogP contribution in [0.4, 0.5) is 4.39 Å². The molecule has 1 aliphatic rings. The first kappa shape index (κ1) is 15.8. The molecule has 4 nitrogen and oxygen atoms in total. The maximum atomic E-state index is 13.4. The lowest BCUT2D eigenvalue weighted by molar-refractivity contribution is -0.152. The minimum absolute atomic E-state index is 0.0268. The van der Waals surface area contributed by atoms with Crippen LogP contribution in [0.25, 0.3) is 0 Å². The Kier molecular flexibility index (Phi) is 4.52. The SMILES string of the molecule is CCC1(C(=O)O)CCN(C(=O)c2ccc(Cl)c(F)c2)CC1. The lowest BCUT2D eigenvalue weighted by atomic mass is 9.76. The molecule has 0 aliphatic carbocycles. The molecule has 1 N–H and O–H groups in total. The Hall–Kier alpha value is -1.62. The minimum Gasteiger partial charge on any atom is -0.481 e. The molecule has 1 saturated heterocycles. The van der Waals surface area contributed by atoms with Crippen LogP contribution in [0.5, 0.6) is 0 Å². The van der Waals surface area contributed by atoms with Gasteiger partial charge in [0.05, 0.1) is 10.4 Å². The lowest BCUT2D eigenvalue weighted by Crippen LogP contribution is -2.46. The van der Waals surface area contributed by atoms with Gasteiger partial charge in [0, 0.05) is 18.7 Å². The number of benzene rings is 1. The summed E-state index contributed by atoms with van der Waals surface area (Å²) in [5, 5.41) is 9.30. The van der Waals surface area contributed by atoms with Crippen molar-refractivity contribution < 1.29 is 19.1 Å². The quantitative estimate of drug-likeness (QED) is 0.932. The van der Waals surface area contributed by atoms with Gasteiger partial charge in [0.2, 0.25) is 0 Å². The molecule has 1 aliphatic heterocycles. The minimum atomic E-state index is -0.811. The van der Waals surface area contributed by atoms with Gasteiger partial charge >= 0.3 is 5.97 Å². The van der Waals surface area contributed by atoms with Crippen LogP contribution in [0.3, 0.4) is 0 Å². The average Bonchev–Trinajstić information content (AvgIpc) is 2.49. The molecule has 0 aromatic heterocycles. The molecule has 1 amide bonds. The fourth-order valence-corrected chi connectivity index (χ4v) is 2.79. The van der Waals surface area contributed by atoms with Gasteiger partial charge in [0.15, 0.2) is 0 Å². The second kappa shape index (κ2) is 6.02. The first-order chi connectivity index (χ1) is 9.89. The number of carboxylic acid groups (broad SMARTS) is 1. The number of piperidine rings is 1. The molecular weight excluding hydrogens is 297 g/mol. The highest BCUT2D eigenvalue weighted by Gasteiger charge is 2.40. The third-order valence-corrected chi connectivity index (χ3v) is 4.61. The van der Waals surface area contributed by atoms with Gasteiger partial charge in [-0.05, 0) is 37.5 Å². The normalized spacial score (nSPS) is 17.6. The van der Waals surface area contributed by atoms with Gasteiger partial charge in [-0.15, -0.1) is 0 Å². The van der Waals surface area contributed by atoms with E-state index in [1.54, 1.807) is 4.90 Å². The zero-order valence-corrected chi connectivity index (χ0v) is 12.5. The third kappa shape index (κ3) is 3.02. The number of carboxylic acids is 1. The topological polar surface area (TPSA) is 57.6 Å². The number of carbonyl (C=O) groups excluding carboxylic acids is 1. The van der Waals surface area contributed by atoms with Gasteiger partial charge in [0.25, 0.3) is 5.91 Å². The number of rotatable bonds is 3. The predicted octanol–water partition coefficient (Wildman–Crippen LogP) is 3.20. The Bertz CT molecular complexity index is 568. The van der Waals surface area contributed by atoms with Crippen molar-refractivity contribution in [3.05, 3.63) is 34.6 Å². The first-order valence-corrected chi connectivity index (χ1v) is 7.25. The maximum Gasteiger partial charge on any atom is 0.309 e. The number of amides is 1. The molecule has 2 rings (SSSR count). The average molecular weight is 314 g/mol. The summed E-state index contributed by atoms with van der Waals surface area (Å²) < 4.78 is 13.4. The van der Waals surface area contributed by atoms with Crippen molar-refractivity contribution in [2.24, 2.45) is 5.41 Å². The van der Waals surface area contributed by atoms with Crippen LogP contribution in [0.1, 0.15) is 36.5 Å². The molecule has 1 aromatic rings. The summed E-state index contributed by atoms with van der Waals surface area (Å²) in [4.78, 5) is 25.2. The molecule has 114 valence electrons. The number of nitrogens with zero attached hydrogens (tertiary/aromatic N) is 1. The second-order valence-electron chi connectivity index (χ2n) is 5.36. The summed E-state index contributed by atoms with van der Waals surface area (Å²) in [5.41, 5.74) is -0.515. The molecule has 1 fully saturated rings. The van der Waals surface area contributed by atoms with Crippen molar-refractivity contribution in [1.29, 1.82) is 0 Å². The van der Waals surface area contributed by atoms with E-state index in [1.807, 2.05) is 6.92 Å². The van der Waals surface area contributed by atoms with Gasteiger partial charge in [-0.3, -0.25) is 9.59 Å². The summed E-state index contributed by atoms with van der Waals surface area (Å²) in [6.45, 7) is 2.58. The summed E-state index contributed by atoms with van der Waals surface area (Å²) in [6, 6.07) is 3.94. The zero-order chi connectivity index (χ0) is 15.6. The van der Waals surface area contributed by atoms with E-state index < -0.39 is 17.2 Å². The molecule has 1 aromatic carbocycles. The Morgan fingerprint density at radius 2 is 2.00 bits per heavy atom. The van der Waals surface area contributed by atoms with Crippen molar-refractivity contribution in [3.8, 4) is 0 Å². The van der Waals surface area contributed by atoms with Crippen molar-refractivity contribution >= 4 is 23.5 Å². The fraction of sp³-hybridized carbons (Fsp3) is 0.467. The van der Waals surface area contributed by atoms with E-state index in [9.17, 15) is 19.1 Å². The summed E-state index contributed by atoms with van der Waals surface area (Å²) >= 11 is 5.60. The number of aliphatic carboxylic acids is 1. The monoisotopic (exact) mass is 313 g/mol. The van der Waals surface area contributed by atoms with Gasteiger partial charge in [0.1, 0.15) is 5.82 Å². The van der Waals surface area contributed by atoms with Crippen LogP contribution < -0.4 is 0 Å². The molecule has 6 heteroatoms. The highest BCUT2D eigenvalue weighted by atomic mass is 35.5.